The maximum absolute atomic E-state index is 5.76. The van der Waals surface area contributed by atoms with Crippen molar-refractivity contribution in [3.05, 3.63) is 35.9 Å². The molecule has 1 saturated carbocycles. The number of benzene rings is 1. The van der Waals surface area contributed by atoms with Gasteiger partial charge in [-0.05, 0) is 25.3 Å². The summed E-state index contributed by atoms with van der Waals surface area (Å²) in [5.74, 6) is 0.519. The van der Waals surface area contributed by atoms with Gasteiger partial charge in [0.2, 0.25) is 0 Å². The van der Waals surface area contributed by atoms with Crippen LogP contribution in [0.1, 0.15) is 44.2 Å². The lowest BCUT2D eigenvalue weighted by atomic mass is 9.94. The third kappa shape index (κ3) is 5.14. The standard InChI is InChI=1S/C16H26N4.HI/c1-13(14-8-4-3-5-9-14)20-16(10-6-7-11-16)12-19-15(17)18-2;/h3-5,8-9,13,20H,6-7,10-12H2,1-2H3,(H3,17,18,19);1H. The fraction of sp³-hybridized carbons (Fsp3) is 0.562. The van der Waals surface area contributed by atoms with E-state index in [4.69, 9.17) is 5.73 Å². The van der Waals surface area contributed by atoms with Crippen LogP contribution in [0, 0.1) is 0 Å². The number of rotatable bonds is 5. The van der Waals surface area contributed by atoms with Crippen molar-refractivity contribution in [3.8, 4) is 0 Å². The summed E-state index contributed by atoms with van der Waals surface area (Å²) < 4.78 is 0. The van der Waals surface area contributed by atoms with Crippen molar-refractivity contribution < 1.29 is 0 Å². The van der Waals surface area contributed by atoms with Crippen LogP contribution in [-0.2, 0) is 0 Å². The van der Waals surface area contributed by atoms with Crippen molar-refractivity contribution in [1.82, 2.24) is 10.6 Å². The molecule has 0 amide bonds. The lowest BCUT2D eigenvalue weighted by Gasteiger charge is -2.34. The smallest absolute Gasteiger partial charge is 0.188 e. The third-order valence-electron chi connectivity index (χ3n) is 4.23. The van der Waals surface area contributed by atoms with Gasteiger partial charge in [0.05, 0.1) is 0 Å². The van der Waals surface area contributed by atoms with Crippen LogP contribution in [-0.4, -0.2) is 25.1 Å². The molecule has 0 aromatic heterocycles. The van der Waals surface area contributed by atoms with Gasteiger partial charge < -0.3 is 16.4 Å². The van der Waals surface area contributed by atoms with Gasteiger partial charge in [-0.25, -0.2) is 0 Å². The van der Waals surface area contributed by atoms with Crippen LogP contribution in [0.15, 0.2) is 35.3 Å². The fourth-order valence-electron chi connectivity index (χ4n) is 3.05. The minimum Gasteiger partial charge on any atom is -0.370 e. The summed E-state index contributed by atoms with van der Waals surface area (Å²) >= 11 is 0. The molecule has 118 valence electrons. The van der Waals surface area contributed by atoms with Gasteiger partial charge in [-0.1, -0.05) is 43.2 Å². The second-order valence-electron chi connectivity index (χ2n) is 5.73. The summed E-state index contributed by atoms with van der Waals surface area (Å²) in [6, 6.07) is 10.9. The second kappa shape index (κ2) is 8.58. The Morgan fingerprint density at radius 3 is 2.48 bits per heavy atom. The first-order valence-electron chi connectivity index (χ1n) is 7.44. The Morgan fingerprint density at radius 1 is 1.29 bits per heavy atom. The molecule has 1 aliphatic carbocycles. The molecule has 1 fully saturated rings. The molecule has 4 N–H and O–H groups in total. The van der Waals surface area contributed by atoms with Crippen LogP contribution in [0.4, 0.5) is 0 Å². The highest BCUT2D eigenvalue weighted by molar-refractivity contribution is 14.0. The first-order valence-corrected chi connectivity index (χ1v) is 7.44. The minimum atomic E-state index is 0. The monoisotopic (exact) mass is 402 g/mol. The lowest BCUT2D eigenvalue weighted by Crippen LogP contribution is -2.53. The molecule has 0 saturated heterocycles. The molecule has 0 radical (unpaired) electrons. The quantitative estimate of drug-likeness (QED) is 0.403. The average Bonchev–Trinajstić information content (AvgIpc) is 2.94. The molecule has 1 unspecified atom stereocenters. The topological polar surface area (TPSA) is 62.4 Å². The van der Waals surface area contributed by atoms with Crippen LogP contribution in [0.25, 0.3) is 0 Å². The van der Waals surface area contributed by atoms with Gasteiger partial charge in [0.25, 0.3) is 0 Å². The first kappa shape index (κ1) is 18.2. The van der Waals surface area contributed by atoms with Crippen molar-refractivity contribution in [1.29, 1.82) is 0 Å². The third-order valence-corrected chi connectivity index (χ3v) is 4.23. The van der Waals surface area contributed by atoms with E-state index < -0.39 is 0 Å². The molecule has 4 nitrogen and oxygen atoms in total. The maximum Gasteiger partial charge on any atom is 0.188 e. The highest BCUT2D eigenvalue weighted by atomic mass is 127. The number of guanidine groups is 1. The summed E-state index contributed by atoms with van der Waals surface area (Å²) in [5, 5.41) is 7.05. The molecule has 1 aromatic rings. The predicted octanol–water partition coefficient (Wildman–Crippen LogP) is 2.80. The van der Waals surface area contributed by atoms with Gasteiger partial charge in [0.15, 0.2) is 5.96 Å². The van der Waals surface area contributed by atoms with Crippen LogP contribution < -0.4 is 16.4 Å². The van der Waals surface area contributed by atoms with Gasteiger partial charge in [-0.2, -0.15) is 0 Å². The van der Waals surface area contributed by atoms with Crippen molar-refractivity contribution in [2.24, 2.45) is 10.7 Å². The van der Waals surface area contributed by atoms with Crippen molar-refractivity contribution in [3.63, 3.8) is 0 Å². The first-order chi connectivity index (χ1) is 9.65. The molecule has 1 atom stereocenters. The molecular formula is C16H27IN4. The van der Waals surface area contributed by atoms with Gasteiger partial charge in [-0.3, -0.25) is 4.99 Å². The van der Waals surface area contributed by atoms with Crippen LogP contribution >= 0.6 is 24.0 Å². The zero-order valence-corrected chi connectivity index (χ0v) is 15.3. The number of nitrogens with zero attached hydrogens (tertiary/aromatic N) is 1. The number of hydrogen-bond acceptors (Lipinski definition) is 2. The van der Waals surface area contributed by atoms with E-state index in [1.54, 1.807) is 7.05 Å². The van der Waals surface area contributed by atoms with Crippen LogP contribution in [0.5, 0.6) is 0 Å². The zero-order chi connectivity index (χ0) is 14.4. The number of nitrogens with one attached hydrogen (secondary N) is 2. The summed E-state index contributed by atoms with van der Waals surface area (Å²) in [6.45, 7) is 3.07. The Hall–Kier alpha value is -0.820. The lowest BCUT2D eigenvalue weighted by molar-refractivity contribution is 0.297. The number of halogens is 1. The van der Waals surface area contributed by atoms with E-state index in [9.17, 15) is 0 Å². The van der Waals surface area contributed by atoms with E-state index in [2.05, 4.69) is 52.9 Å². The summed E-state index contributed by atoms with van der Waals surface area (Å²) in [7, 11) is 1.71. The van der Waals surface area contributed by atoms with Gasteiger partial charge in [0, 0.05) is 25.2 Å². The molecule has 0 aliphatic heterocycles. The normalized spacial score (nSPS) is 18.9. The number of hydrogen-bond donors (Lipinski definition) is 3. The van der Waals surface area contributed by atoms with E-state index in [1.165, 1.54) is 31.2 Å². The summed E-state index contributed by atoms with van der Waals surface area (Å²) in [6.07, 6.45) is 4.93. The largest absolute Gasteiger partial charge is 0.370 e. The average molecular weight is 402 g/mol. The Bertz CT molecular complexity index is 441. The van der Waals surface area contributed by atoms with E-state index in [1.807, 2.05) is 0 Å². The van der Waals surface area contributed by atoms with Crippen LogP contribution in [0.2, 0.25) is 0 Å². The van der Waals surface area contributed by atoms with Crippen molar-refractivity contribution >= 4 is 29.9 Å². The maximum atomic E-state index is 5.76. The fourth-order valence-corrected chi connectivity index (χ4v) is 3.05. The molecule has 0 bridgehead atoms. The van der Waals surface area contributed by atoms with Gasteiger partial charge in [-0.15, -0.1) is 24.0 Å². The molecule has 1 aliphatic rings. The van der Waals surface area contributed by atoms with Gasteiger partial charge in [0.1, 0.15) is 0 Å². The highest BCUT2D eigenvalue weighted by Gasteiger charge is 2.34. The van der Waals surface area contributed by atoms with E-state index in [-0.39, 0.29) is 29.5 Å². The summed E-state index contributed by atoms with van der Waals surface area (Å²) in [4.78, 5) is 3.97. The van der Waals surface area contributed by atoms with Gasteiger partial charge >= 0.3 is 0 Å². The predicted molar refractivity (Wildman–Crippen MR) is 100 cm³/mol. The molecule has 21 heavy (non-hydrogen) atoms. The Balaban J connectivity index is 0.00000220. The minimum absolute atomic E-state index is 0. The summed E-state index contributed by atoms with van der Waals surface area (Å²) in [5.41, 5.74) is 7.22. The van der Waals surface area contributed by atoms with Crippen LogP contribution in [0.3, 0.4) is 0 Å². The molecule has 2 rings (SSSR count). The molecular weight excluding hydrogens is 375 g/mol. The number of aliphatic imine (C=N–C) groups is 1. The van der Waals surface area contributed by atoms with E-state index in [0.717, 1.165) is 6.54 Å². The van der Waals surface area contributed by atoms with E-state index >= 15 is 0 Å². The molecule has 0 heterocycles. The Kier molecular flexibility index (Phi) is 7.45. The van der Waals surface area contributed by atoms with E-state index in [0.29, 0.717) is 12.0 Å². The number of nitrogens with two attached hydrogens (primary N) is 1. The SMILES string of the molecule is CN=C(N)NCC1(NC(C)c2ccccc2)CCCC1.I. The van der Waals surface area contributed by atoms with Crippen molar-refractivity contribution in [2.45, 2.75) is 44.2 Å². The Morgan fingerprint density at radius 2 is 1.90 bits per heavy atom. The second-order valence-corrected chi connectivity index (χ2v) is 5.73. The highest BCUT2D eigenvalue weighted by Crippen LogP contribution is 2.31. The Labute approximate surface area is 145 Å². The molecule has 0 spiro atoms. The molecule has 5 heteroatoms. The zero-order valence-electron chi connectivity index (χ0n) is 12.9. The van der Waals surface area contributed by atoms with Crippen molar-refractivity contribution in [2.75, 3.05) is 13.6 Å². The molecule has 1 aromatic carbocycles.